The number of hydrogen-bond acceptors (Lipinski definition) is 8. The van der Waals surface area contributed by atoms with Crippen molar-refractivity contribution in [1.82, 2.24) is 9.79 Å². The van der Waals surface area contributed by atoms with Gasteiger partial charge in [-0.1, -0.05) is 19.8 Å². The van der Waals surface area contributed by atoms with Crippen LogP contribution >= 0.6 is 0 Å². The van der Waals surface area contributed by atoms with Gasteiger partial charge in [-0.3, -0.25) is 10.0 Å². The van der Waals surface area contributed by atoms with Gasteiger partial charge in [-0.15, -0.1) is 5.92 Å². The number of aliphatic hydroxyl groups excluding tert-OH is 2. The van der Waals surface area contributed by atoms with Crippen molar-refractivity contribution in [3.05, 3.63) is 24.3 Å². The molecule has 31 heavy (non-hydrogen) atoms. The quantitative estimate of drug-likeness (QED) is 0.238. The predicted octanol–water partition coefficient (Wildman–Crippen LogP) is -0.270. The highest BCUT2D eigenvalue weighted by molar-refractivity contribution is 7.89. The molecule has 2 rings (SSSR count). The maximum atomic E-state index is 13.3. The number of β-amino-alcohol motifs (C(OH)–C–C–N with tert-alkyl or cyclic N) is 1. The Balaban J connectivity index is 2.38. The van der Waals surface area contributed by atoms with E-state index >= 15 is 0 Å². The van der Waals surface area contributed by atoms with Gasteiger partial charge in [-0.25, -0.2) is 13.9 Å². The molecule has 1 aliphatic heterocycles. The molecule has 0 aliphatic carbocycles. The molecule has 1 aliphatic rings. The van der Waals surface area contributed by atoms with Crippen LogP contribution in [0.25, 0.3) is 0 Å². The molecule has 0 bridgehead atoms. The molecule has 172 valence electrons. The van der Waals surface area contributed by atoms with Crippen LogP contribution in [-0.2, 0) is 19.6 Å². The van der Waals surface area contributed by atoms with E-state index in [4.69, 9.17) is 9.47 Å². The number of carbonyl (C=O) groups excluding carboxylic acids is 1. The first-order chi connectivity index (χ1) is 14.6. The van der Waals surface area contributed by atoms with E-state index in [0.29, 0.717) is 5.75 Å². The van der Waals surface area contributed by atoms with Crippen LogP contribution in [-0.4, -0.2) is 78.2 Å². The number of nitrogens with zero attached hydrogens (tertiary/aromatic N) is 1. The third-order valence-corrected chi connectivity index (χ3v) is 6.50. The average molecular weight is 457 g/mol. The largest absolute Gasteiger partial charge is 0.481 e. The van der Waals surface area contributed by atoms with E-state index in [1.54, 1.807) is 6.92 Å². The molecule has 0 radical (unpaired) electrons. The van der Waals surface area contributed by atoms with Crippen LogP contribution in [0.15, 0.2) is 29.2 Å². The molecule has 11 heteroatoms. The molecule has 1 aromatic rings. The highest BCUT2D eigenvalue weighted by Crippen LogP contribution is 2.29. The lowest BCUT2D eigenvalue weighted by Crippen LogP contribution is -2.67. The molecular formula is C20H28N2O8S. The molecule has 10 nitrogen and oxygen atoms in total. The fraction of sp³-hybridized carbons (Fsp3) is 0.550. The van der Waals surface area contributed by atoms with Crippen LogP contribution in [0, 0.1) is 17.8 Å². The Bertz CT molecular complexity index is 907. The van der Waals surface area contributed by atoms with Gasteiger partial charge >= 0.3 is 0 Å². The average Bonchev–Trinajstić information content (AvgIpc) is 2.74. The Hall–Kier alpha value is -2.20. The summed E-state index contributed by atoms with van der Waals surface area (Å²) >= 11 is 0. The van der Waals surface area contributed by atoms with Crippen LogP contribution in [0.5, 0.6) is 5.75 Å². The maximum Gasteiger partial charge on any atom is 0.264 e. The van der Waals surface area contributed by atoms with Gasteiger partial charge in [0.05, 0.1) is 11.0 Å². The van der Waals surface area contributed by atoms with Crippen LogP contribution in [0.4, 0.5) is 0 Å². The van der Waals surface area contributed by atoms with Gasteiger partial charge in [0, 0.05) is 13.2 Å². The van der Waals surface area contributed by atoms with Crippen LogP contribution in [0.1, 0.15) is 20.8 Å². The Morgan fingerprint density at radius 3 is 2.48 bits per heavy atom. The molecule has 1 amide bonds. The fourth-order valence-corrected chi connectivity index (χ4v) is 4.71. The zero-order valence-electron chi connectivity index (χ0n) is 17.6. The standard InChI is InChI=1S/C20H28N2O8S/c1-4-5-10-29-14-6-8-15(9-7-14)31(27,28)22-11-16(23)18(24)19(30-12-13(2)3)17(22)20(25)21-26/h6-9,13,16-19,23-24,26H,10-12H2,1-3H3,(H,21,25)/t16-,17+,18-,19-/m0/s1. The Morgan fingerprint density at radius 1 is 1.29 bits per heavy atom. The van der Waals surface area contributed by atoms with Crippen LogP contribution in [0.3, 0.4) is 0 Å². The fourth-order valence-electron chi connectivity index (χ4n) is 3.10. The van der Waals surface area contributed by atoms with E-state index in [2.05, 4.69) is 11.8 Å². The summed E-state index contributed by atoms with van der Waals surface area (Å²) in [4.78, 5) is 12.2. The summed E-state index contributed by atoms with van der Waals surface area (Å²) in [5.74, 6) is 4.73. The van der Waals surface area contributed by atoms with Crippen molar-refractivity contribution in [2.24, 2.45) is 5.92 Å². The number of hydroxylamine groups is 1. The minimum Gasteiger partial charge on any atom is -0.481 e. The number of hydrogen-bond donors (Lipinski definition) is 4. The first kappa shape index (κ1) is 25.1. The summed E-state index contributed by atoms with van der Waals surface area (Å²) in [6.45, 7) is 5.01. The molecule has 1 heterocycles. The monoisotopic (exact) mass is 456 g/mol. The maximum absolute atomic E-state index is 13.3. The van der Waals surface area contributed by atoms with Crippen molar-refractivity contribution >= 4 is 15.9 Å². The Labute approximate surface area is 181 Å². The molecule has 0 unspecified atom stereocenters. The molecule has 1 saturated heterocycles. The summed E-state index contributed by atoms with van der Waals surface area (Å²) in [5, 5.41) is 29.8. The number of carbonyl (C=O) groups is 1. The summed E-state index contributed by atoms with van der Waals surface area (Å²) < 4.78 is 38.2. The summed E-state index contributed by atoms with van der Waals surface area (Å²) in [5.41, 5.74) is 1.43. The second-order valence-electron chi connectivity index (χ2n) is 7.43. The molecular weight excluding hydrogens is 428 g/mol. The van der Waals surface area contributed by atoms with Gasteiger partial charge in [0.15, 0.2) is 0 Å². The van der Waals surface area contributed by atoms with E-state index in [1.165, 1.54) is 29.7 Å². The molecule has 0 saturated carbocycles. The smallest absolute Gasteiger partial charge is 0.264 e. The molecule has 0 aromatic heterocycles. The third kappa shape index (κ3) is 5.94. The van der Waals surface area contributed by atoms with Gasteiger partial charge in [0.1, 0.15) is 30.6 Å². The number of nitrogens with one attached hydrogen (secondary N) is 1. The molecule has 1 aromatic carbocycles. The molecule has 4 atom stereocenters. The lowest BCUT2D eigenvalue weighted by atomic mass is 9.95. The number of ether oxygens (including phenoxy) is 2. The summed E-state index contributed by atoms with van der Waals surface area (Å²) in [6, 6.07) is 3.86. The SMILES string of the molecule is CC#CCOc1ccc(S(=O)(=O)N2C[C@H](O)[C@H](O)[C@@H](OCC(C)C)[C@@H]2C(=O)NO)cc1. The van der Waals surface area contributed by atoms with E-state index in [9.17, 15) is 28.6 Å². The van der Waals surface area contributed by atoms with E-state index in [0.717, 1.165) is 4.31 Å². The van der Waals surface area contributed by atoms with Crippen molar-refractivity contribution < 1.29 is 38.1 Å². The predicted molar refractivity (Wildman–Crippen MR) is 110 cm³/mol. The number of amides is 1. The zero-order chi connectivity index (χ0) is 23.2. The first-order valence-electron chi connectivity index (χ1n) is 9.69. The van der Waals surface area contributed by atoms with Crippen molar-refractivity contribution in [2.75, 3.05) is 19.8 Å². The summed E-state index contributed by atoms with van der Waals surface area (Å²) in [6.07, 6.45) is -4.41. The number of rotatable bonds is 8. The Kier molecular flexibility index (Phi) is 8.81. The van der Waals surface area contributed by atoms with Crippen molar-refractivity contribution in [1.29, 1.82) is 0 Å². The molecule has 1 fully saturated rings. The van der Waals surface area contributed by atoms with Crippen molar-refractivity contribution in [3.63, 3.8) is 0 Å². The second kappa shape index (κ2) is 10.9. The lowest BCUT2D eigenvalue weighted by Gasteiger charge is -2.43. The number of benzene rings is 1. The van der Waals surface area contributed by atoms with E-state index < -0.39 is 46.8 Å². The van der Waals surface area contributed by atoms with Crippen molar-refractivity contribution in [3.8, 4) is 17.6 Å². The van der Waals surface area contributed by atoms with E-state index in [-0.39, 0.29) is 24.0 Å². The van der Waals surface area contributed by atoms with Gasteiger partial charge < -0.3 is 19.7 Å². The number of sulfonamides is 1. The number of aliphatic hydroxyl groups is 2. The van der Waals surface area contributed by atoms with Gasteiger partial charge in [-0.2, -0.15) is 4.31 Å². The normalized spacial score (nSPS) is 24.4. The van der Waals surface area contributed by atoms with Gasteiger partial charge in [0.25, 0.3) is 5.91 Å². The van der Waals surface area contributed by atoms with Crippen LogP contribution in [0.2, 0.25) is 0 Å². The highest BCUT2D eigenvalue weighted by atomic mass is 32.2. The zero-order valence-corrected chi connectivity index (χ0v) is 18.4. The first-order valence-corrected chi connectivity index (χ1v) is 11.1. The van der Waals surface area contributed by atoms with E-state index in [1.807, 2.05) is 13.8 Å². The molecule has 4 N–H and O–H groups in total. The van der Waals surface area contributed by atoms with Crippen molar-refractivity contribution in [2.45, 2.75) is 50.0 Å². The van der Waals surface area contributed by atoms with Gasteiger partial charge in [0.2, 0.25) is 10.0 Å². The van der Waals surface area contributed by atoms with Crippen LogP contribution < -0.4 is 10.2 Å². The minimum atomic E-state index is -4.31. The topological polar surface area (TPSA) is 146 Å². The highest BCUT2D eigenvalue weighted by Gasteiger charge is 2.51. The lowest BCUT2D eigenvalue weighted by molar-refractivity contribution is -0.166. The molecule has 0 spiro atoms. The van der Waals surface area contributed by atoms with Gasteiger partial charge in [-0.05, 0) is 37.1 Å². The second-order valence-corrected chi connectivity index (χ2v) is 9.32. The number of piperidine rings is 1. The minimum absolute atomic E-state index is 0.0131. The summed E-state index contributed by atoms with van der Waals surface area (Å²) in [7, 11) is -4.31. The Morgan fingerprint density at radius 2 is 1.94 bits per heavy atom. The third-order valence-electron chi connectivity index (χ3n) is 4.64.